The molecule has 5 heteroatoms. The maximum Gasteiger partial charge on any atom is 0.292 e. The Morgan fingerprint density at radius 3 is 1.88 bits per heavy atom. The second kappa shape index (κ2) is 8.07. The van der Waals surface area contributed by atoms with Gasteiger partial charge in [-0.05, 0) is 17.2 Å². The summed E-state index contributed by atoms with van der Waals surface area (Å²) in [5, 5.41) is 13.8. The lowest BCUT2D eigenvalue weighted by atomic mass is 9.88. The van der Waals surface area contributed by atoms with Crippen molar-refractivity contribution in [3.05, 3.63) is 106 Å². The number of amides is 1. The number of carbonyl (C=O) groups is 1. The summed E-state index contributed by atoms with van der Waals surface area (Å²) in [6.07, 6.45) is 0.195. The highest BCUT2D eigenvalue weighted by Gasteiger charge is 2.20. The zero-order valence-electron chi connectivity index (χ0n) is 14.0. The highest BCUT2D eigenvalue weighted by Crippen LogP contribution is 2.29. The SMILES string of the molecule is O=C(CC(c1ccccc1)c1ccccc1)Nc1ccccc1[N+](=O)[O-]. The van der Waals surface area contributed by atoms with E-state index in [1.54, 1.807) is 12.1 Å². The van der Waals surface area contributed by atoms with E-state index in [1.807, 2.05) is 60.7 Å². The van der Waals surface area contributed by atoms with Crippen molar-refractivity contribution < 1.29 is 9.72 Å². The summed E-state index contributed by atoms with van der Waals surface area (Å²) in [5.74, 6) is -0.392. The molecule has 26 heavy (non-hydrogen) atoms. The van der Waals surface area contributed by atoms with Crippen LogP contribution in [0.2, 0.25) is 0 Å². The number of nitrogens with zero attached hydrogens (tertiary/aromatic N) is 1. The Kier molecular flexibility index (Phi) is 5.39. The molecule has 5 nitrogen and oxygen atoms in total. The molecule has 130 valence electrons. The van der Waals surface area contributed by atoms with E-state index in [4.69, 9.17) is 0 Å². The van der Waals surface area contributed by atoms with E-state index in [0.717, 1.165) is 11.1 Å². The van der Waals surface area contributed by atoms with E-state index in [-0.39, 0.29) is 29.6 Å². The first kappa shape index (κ1) is 17.4. The first-order valence-corrected chi connectivity index (χ1v) is 8.28. The Morgan fingerprint density at radius 1 is 0.846 bits per heavy atom. The van der Waals surface area contributed by atoms with E-state index in [9.17, 15) is 14.9 Å². The van der Waals surface area contributed by atoms with E-state index >= 15 is 0 Å². The smallest absolute Gasteiger partial charge is 0.292 e. The molecule has 3 rings (SSSR count). The van der Waals surface area contributed by atoms with Crippen LogP contribution in [0, 0.1) is 10.1 Å². The van der Waals surface area contributed by atoms with Crippen molar-refractivity contribution in [1.82, 2.24) is 0 Å². The average Bonchev–Trinajstić information content (AvgIpc) is 2.68. The van der Waals surface area contributed by atoms with Crippen LogP contribution in [0.3, 0.4) is 0 Å². The van der Waals surface area contributed by atoms with Crippen molar-refractivity contribution in [3.63, 3.8) is 0 Å². The molecule has 0 aliphatic rings. The molecular weight excluding hydrogens is 328 g/mol. The van der Waals surface area contributed by atoms with Gasteiger partial charge in [-0.1, -0.05) is 72.8 Å². The number of rotatable bonds is 6. The molecule has 0 aliphatic carbocycles. The summed E-state index contributed by atoms with van der Waals surface area (Å²) >= 11 is 0. The number of hydrogen-bond acceptors (Lipinski definition) is 3. The van der Waals surface area contributed by atoms with Crippen molar-refractivity contribution >= 4 is 17.3 Å². The quantitative estimate of drug-likeness (QED) is 0.517. The van der Waals surface area contributed by atoms with Crippen molar-refractivity contribution in [2.24, 2.45) is 0 Å². The van der Waals surface area contributed by atoms with Crippen LogP contribution in [0.25, 0.3) is 0 Å². The molecule has 3 aromatic rings. The standard InChI is InChI=1S/C21H18N2O3/c24-21(22-19-13-7-8-14-20(19)23(25)26)15-18(16-9-3-1-4-10-16)17-11-5-2-6-12-17/h1-14,18H,15H2,(H,22,24). The largest absolute Gasteiger partial charge is 0.320 e. The minimum Gasteiger partial charge on any atom is -0.320 e. The molecule has 0 spiro atoms. The van der Waals surface area contributed by atoms with Crippen LogP contribution >= 0.6 is 0 Å². The number of nitro groups is 1. The molecule has 0 atom stereocenters. The van der Waals surface area contributed by atoms with Crippen LogP contribution in [-0.4, -0.2) is 10.8 Å². The second-order valence-corrected chi connectivity index (χ2v) is 5.90. The van der Waals surface area contributed by atoms with E-state index < -0.39 is 4.92 Å². The normalized spacial score (nSPS) is 10.5. The number of nitrogens with one attached hydrogen (secondary N) is 1. The number of hydrogen-bond donors (Lipinski definition) is 1. The molecule has 0 fully saturated rings. The lowest BCUT2D eigenvalue weighted by Crippen LogP contribution is -2.17. The first-order valence-electron chi connectivity index (χ1n) is 8.28. The Morgan fingerprint density at radius 2 is 1.35 bits per heavy atom. The Balaban J connectivity index is 1.84. The van der Waals surface area contributed by atoms with Gasteiger partial charge in [0.25, 0.3) is 5.69 Å². The molecule has 0 heterocycles. The van der Waals surface area contributed by atoms with E-state index in [1.165, 1.54) is 12.1 Å². The molecule has 0 aliphatic heterocycles. The molecule has 0 bridgehead atoms. The monoisotopic (exact) mass is 346 g/mol. The maximum atomic E-state index is 12.6. The summed E-state index contributed by atoms with van der Waals surface area (Å²) < 4.78 is 0. The van der Waals surface area contributed by atoms with Crippen molar-refractivity contribution in [3.8, 4) is 0 Å². The van der Waals surface area contributed by atoms with Crippen LogP contribution in [0.5, 0.6) is 0 Å². The van der Waals surface area contributed by atoms with Crippen LogP contribution in [0.4, 0.5) is 11.4 Å². The minimum atomic E-state index is -0.499. The van der Waals surface area contributed by atoms with Crippen molar-refractivity contribution in [2.45, 2.75) is 12.3 Å². The highest BCUT2D eigenvalue weighted by molar-refractivity contribution is 5.93. The van der Waals surface area contributed by atoms with Crippen LogP contribution in [0.1, 0.15) is 23.5 Å². The van der Waals surface area contributed by atoms with Gasteiger partial charge in [-0.15, -0.1) is 0 Å². The van der Waals surface area contributed by atoms with Crippen LogP contribution in [-0.2, 0) is 4.79 Å². The number of carbonyl (C=O) groups excluding carboxylic acids is 1. The van der Waals surface area contributed by atoms with Gasteiger partial charge < -0.3 is 5.32 Å². The molecular formula is C21H18N2O3. The zero-order chi connectivity index (χ0) is 18.4. The van der Waals surface area contributed by atoms with Gasteiger partial charge in [-0.2, -0.15) is 0 Å². The fraction of sp³-hybridized carbons (Fsp3) is 0.0952. The lowest BCUT2D eigenvalue weighted by Gasteiger charge is -2.18. The summed E-state index contributed by atoms with van der Waals surface area (Å²) in [6.45, 7) is 0. The third-order valence-corrected chi connectivity index (χ3v) is 4.17. The molecule has 1 N–H and O–H groups in total. The topological polar surface area (TPSA) is 72.2 Å². The van der Waals surface area contributed by atoms with Gasteiger partial charge in [-0.25, -0.2) is 0 Å². The fourth-order valence-corrected chi connectivity index (χ4v) is 2.92. The van der Waals surface area contributed by atoms with Gasteiger partial charge in [0.05, 0.1) is 4.92 Å². The highest BCUT2D eigenvalue weighted by atomic mass is 16.6. The molecule has 0 saturated carbocycles. The summed E-state index contributed by atoms with van der Waals surface area (Å²) in [5.41, 5.74) is 2.15. The van der Waals surface area contributed by atoms with E-state index in [2.05, 4.69) is 5.32 Å². The van der Waals surface area contributed by atoms with Crippen molar-refractivity contribution in [2.75, 3.05) is 5.32 Å². The predicted molar refractivity (Wildman–Crippen MR) is 101 cm³/mol. The lowest BCUT2D eigenvalue weighted by molar-refractivity contribution is -0.383. The van der Waals surface area contributed by atoms with Crippen LogP contribution in [0.15, 0.2) is 84.9 Å². The maximum absolute atomic E-state index is 12.6. The van der Waals surface area contributed by atoms with E-state index in [0.29, 0.717) is 0 Å². The second-order valence-electron chi connectivity index (χ2n) is 5.90. The van der Waals surface area contributed by atoms with Gasteiger partial charge in [0, 0.05) is 18.4 Å². The molecule has 0 saturated heterocycles. The Bertz CT molecular complexity index is 856. The Hall–Kier alpha value is -3.47. The third kappa shape index (κ3) is 4.13. The number of para-hydroxylation sites is 2. The van der Waals surface area contributed by atoms with Crippen molar-refractivity contribution in [1.29, 1.82) is 0 Å². The van der Waals surface area contributed by atoms with Gasteiger partial charge in [0.15, 0.2) is 0 Å². The molecule has 3 aromatic carbocycles. The number of nitro benzene ring substituents is 1. The van der Waals surface area contributed by atoms with Gasteiger partial charge in [0.2, 0.25) is 5.91 Å². The number of anilines is 1. The van der Waals surface area contributed by atoms with Gasteiger partial charge in [0.1, 0.15) is 5.69 Å². The van der Waals surface area contributed by atoms with Crippen LogP contribution < -0.4 is 5.32 Å². The third-order valence-electron chi connectivity index (χ3n) is 4.17. The summed E-state index contributed by atoms with van der Waals surface area (Å²) in [4.78, 5) is 23.2. The van der Waals surface area contributed by atoms with Gasteiger partial charge in [-0.3, -0.25) is 14.9 Å². The number of benzene rings is 3. The fourth-order valence-electron chi connectivity index (χ4n) is 2.92. The molecule has 0 unspecified atom stereocenters. The molecule has 0 radical (unpaired) electrons. The summed E-state index contributed by atoms with van der Waals surface area (Å²) in [7, 11) is 0. The Labute approximate surface area is 151 Å². The molecule has 1 amide bonds. The minimum absolute atomic E-state index is 0.114. The summed E-state index contributed by atoms with van der Waals surface area (Å²) in [6, 6.07) is 25.7. The van der Waals surface area contributed by atoms with Gasteiger partial charge >= 0.3 is 0 Å². The average molecular weight is 346 g/mol. The molecule has 0 aromatic heterocycles. The zero-order valence-corrected chi connectivity index (χ0v) is 14.0. The predicted octanol–water partition coefficient (Wildman–Crippen LogP) is 4.76. The first-order chi connectivity index (χ1) is 12.6.